The number of hydrogen-bond donors (Lipinski definition) is 2. The Labute approximate surface area is 106 Å². The molecule has 0 unspecified atom stereocenters. The molecule has 5 heteroatoms. The Hall–Kier alpha value is -1.88. The standard InChI is InChI=1S/C13H18N4O/c1-9-15-11-4-3-10(7-12(11)16-9)5-6-17(2)8-13(14)18/h3-4,7H,5-6,8H2,1-2H3,(H2,14,18)(H,15,16). The molecule has 0 spiro atoms. The summed E-state index contributed by atoms with van der Waals surface area (Å²) in [5, 5.41) is 0. The van der Waals surface area contributed by atoms with Gasteiger partial charge in [-0.2, -0.15) is 0 Å². The van der Waals surface area contributed by atoms with Crippen molar-refractivity contribution in [3.05, 3.63) is 29.6 Å². The van der Waals surface area contributed by atoms with Gasteiger partial charge < -0.3 is 10.7 Å². The van der Waals surface area contributed by atoms with E-state index in [9.17, 15) is 4.79 Å². The first kappa shape index (κ1) is 12.6. The summed E-state index contributed by atoms with van der Waals surface area (Å²) < 4.78 is 0. The first-order chi connectivity index (χ1) is 8.54. The Morgan fingerprint density at radius 2 is 2.28 bits per heavy atom. The number of imidazole rings is 1. The van der Waals surface area contributed by atoms with E-state index in [1.165, 1.54) is 5.56 Å². The second kappa shape index (κ2) is 5.18. The van der Waals surface area contributed by atoms with E-state index < -0.39 is 0 Å². The Kier molecular flexibility index (Phi) is 3.62. The minimum Gasteiger partial charge on any atom is -0.369 e. The van der Waals surface area contributed by atoms with Gasteiger partial charge in [0.2, 0.25) is 5.91 Å². The topological polar surface area (TPSA) is 75.0 Å². The summed E-state index contributed by atoms with van der Waals surface area (Å²) in [6, 6.07) is 6.19. The summed E-state index contributed by atoms with van der Waals surface area (Å²) in [4.78, 5) is 20.3. The van der Waals surface area contributed by atoms with E-state index in [1.807, 2.05) is 24.9 Å². The van der Waals surface area contributed by atoms with Gasteiger partial charge in [-0.25, -0.2) is 4.98 Å². The van der Waals surface area contributed by atoms with Gasteiger partial charge >= 0.3 is 0 Å². The number of nitrogens with zero attached hydrogens (tertiary/aromatic N) is 2. The molecule has 0 saturated heterocycles. The number of rotatable bonds is 5. The van der Waals surface area contributed by atoms with E-state index in [1.54, 1.807) is 0 Å². The molecule has 96 valence electrons. The first-order valence-electron chi connectivity index (χ1n) is 5.96. The number of benzene rings is 1. The summed E-state index contributed by atoms with van der Waals surface area (Å²) >= 11 is 0. The molecular weight excluding hydrogens is 228 g/mol. The zero-order valence-electron chi connectivity index (χ0n) is 10.7. The molecule has 1 amide bonds. The number of aromatic amines is 1. The van der Waals surface area contributed by atoms with Crippen LogP contribution in [0.3, 0.4) is 0 Å². The Morgan fingerprint density at radius 3 is 3.00 bits per heavy atom. The van der Waals surface area contributed by atoms with Crippen LogP contribution in [-0.2, 0) is 11.2 Å². The summed E-state index contributed by atoms with van der Waals surface area (Å²) in [7, 11) is 1.89. The Bertz CT molecular complexity index is 561. The predicted molar refractivity (Wildman–Crippen MR) is 71.2 cm³/mol. The van der Waals surface area contributed by atoms with Gasteiger partial charge in [-0.3, -0.25) is 9.69 Å². The van der Waals surface area contributed by atoms with Crippen molar-refractivity contribution >= 4 is 16.9 Å². The first-order valence-corrected chi connectivity index (χ1v) is 5.96. The van der Waals surface area contributed by atoms with Crippen LogP contribution in [0.2, 0.25) is 0 Å². The number of nitrogens with two attached hydrogens (primary N) is 1. The minimum atomic E-state index is -0.294. The summed E-state index contributed by atoms with van der Waals surface area (Å²) in [5.41, 5.74) is 8.42. The molecule has 0 aliphatic heterocycles. The average molecular weight is 246 g/mol. The number of aryl methyl sites for hydroxylation is 1. The van der Waals surface area contributed by atoms with Crippen molar-refractivity contribution in [2.45, 2.75) is 13.3 Å². The normalized spacial score (nSPS) is 11.3. The third-order valence-corrected chi connectivity index (χ3v) is 2.87. The fourth-order valence-electron chi connectivity index (χ4n) is 2.00. The Morgan fingerprint density at radius 1 is 1.50 bits per heavy atom. The van der Waals surface area contributed by atoms with Crippen molar-refractivity contribution in [2.24, 2.45) is 5.73 Å². The molecule has 18 heavy (non-hydrogen) atoms. The molecule has 5 nitrogen and oxygen atoms in total. The summed E-state index contributed by atoms with van der Waals surface area (Å²) in [6.45, 7) is 3.05. The lowest BCUT2D eigenvalue weighted by Gasteiger charge is -2.13. The minimum absolute atomic E-state index is 0.294. The van der Waals surface area contributed by atoms with Crippen LogP contribution in [0, 0.1) is 6.92 Å². The zero-order valence-corrected chi connectivity index (χ0v) is 10.7. The van der Waals surface area contributed by atoms with Crippen LogP contribution in [0.15, 0.2) is 18.2 Å². The smallest absolute Gasteiger partial charge is 0.231 e. The van der Waals surface area contributed by atoms with Crippen LogP contribution in [-0.4, -0.2) is 40.9 Å². The van der Waals surface area contributed by atoms with E-state index >= 15 is 0 Å². The van der Waals surface area contributed by atoms with Gasteiger partial charge in [0.1, 0.15) is 5.82 Å². The number of likely N-dealkylation sites (N-methyl/N-ethyl adjacent to an activating group) is 1. The lowest BCUT2D eigenvalue weighted by atomic mass is 10.1. The van der Waals surface area contributed by atoms with Crippen LogP contribution in [0.5, 0.6) is 0 Å². The van der Waals surface area contributed by atoms with Gasteiger partial charge in [-0.1, -0.05) is 6.07 Å². The summed E-state index contributed by atoms with van der Waals surface area (Å²) in [5.74, 6) is 0.630. The number of primary amides is 1. The molecule has 0 aliphatic carbocycles. The van der Waals surface area contributed by atoms with E-state index in [-0.39, 0.29) is 5.91 Å². The molecule has 0 saturated carbocycles. The van der Waals surface area contributed by atoms with Crippen LogP contribution >= 0.6 is 0 Å². The second-order valence-electron chi connectivity index (χ2n) is 4.63. The van der Waals surface area contributed by atoms with E-state index in [4.69, 9.17) is 5.73 Å². The van der Waals surface area contributed by atoms with Crippen molar-refractivity contribution in [3.8, 4) is 0 Å². The zero-order chi connectivity index (χ0) is 13.1. The van der Waals surface area contributed by atoms with Gasteiger partial charge in [0.05, 0.1) is 17.6 Å². The van der Waals surface area contributed by atoms with E-state index in [0.717, 1.165) is 29.8 Å². The quantitative estimate of drug-likeness (QED) is 0.820. The molecule has 1 heterocycles. The van der Waals surface area contributed by atoms with Crippen molar-refractivity contribution in [1.29, 1.82) is 0 Å². The fraction of sp³-hybridized carbons (Fsp3) is 0.385. The van der Waals surface area contributed by atoms with Gasteiger partial charge in [0.15, 0.2) is 0 Å². The summed E-state index contributed by atoms with van der Waals surface area (Å²) in [6.07, 6.45) is 0.887. The monoisotopic (exact) mass is 246 g/mol. The number of fused-ring (bicyclic) bond motifs is 1. The maximum Gasteiger partial charge on any atom is 0.231 e. The van der Waals surface area contributed by atoms with Crippen molar-refractivity contribution in [2.75, 3.05) is 20.1 Å². The third kappa shape index (κ3) is 3.07. The SMILES string of the molecule is Cc1nc2ccc(CCN(C)CC(N)=O)cc2[nH]1. The number of amides is 1. The number of H-pyrrole nitrogens is 1. The van der Waals surface area contributed by atoms with E-state index in [2.05, 4.69) is 22.1 Å². The molecule has 0 radical (unpaired) electrons. The van der Waals surface area contributed by atoms with E-state index in [0.29, 0.717) is 6.54 Å². The van der Waals surface area contributed by atoms with Gasteiger partial charge in [0.25, 0.3) is 0 Å². The van der Waals surface area contributed by atoms with Crippen molar-refractivity contribution < 1.29 is 4.79 Å². The fourth-order valence-corrected chi connectivity index (χ4v) is 2.00. The van der Waals surface area contributed by atoms with Gasteiger partial charge in [-0.05, 0) is 38.1 Å². The largest absolute Gasteiger partial charge is 0.369 e. The lowest BCUT2D eigenvalue weighted by molar-refractivity contribution is -0.118. The number of carbonyl (C=O) groups is 1. The number of hydrogen-bond acceptors (Lipinski definition) is 3. The van der Waals surface area contributed by atoms with Crippen molar-refractivity contribution in [3.63, 3.8) is 0 Å². The van der Waals surface area contributed by atoms with Crippen LogP contribution in [0.4, 0.5) is 0 Å². The highest BCUT2D eigenvalue weighted by Gasteiger charge is 2.04. The highest BCUT2D eigenvalue weighted by atomic mass is 16.1. The highest BCUT2D eigenvalue weighted by molar-refractivity contribution is 5.76. The molecule has 2 rings (SSSR count). The molecule has 2 aromatic rings. The molecule has 1 aromatic heterocycles. The molecule has 3 N–H and O–H groups in total. The molecule has 0 atom stereocenters. The highest BCUT2D eigenvalue weighted by Crippen LogP contribution is 2.14. The predicted octanol–water partition coefficient (Wildman–Crippen LogP) is 0.831. The maximum absolute atomic E-state index is 10.8. The average Bonchev–Trinajstić information content (AvgIpc) is 2.64. The number of nitrogens with one attached hydrogen (secondary N) is 1. The molecular formula is C13H18N4O. The molecule has 0 bridgehead atoms. The lowest BCUT2D eigenvalue weighted by Crippen LogP contribution is -2.32. The van der Waals surface area contributed by atoms with Gasteiger partial charge in [0, 0.05) is 6.54 Å². The molecule has 0 fully saturated rings. The molecule has 0 aliphatic rings. The third-order valence-electron chi connectivity index (χ3n) is 2.87. The van der Waals surface area contributed by atoms with Crippen molar-refractivity contribution in [1.82, 2.24) is 14.9 Å². The van der Waals surface area contributed by atoms with Crippen LogP contribution in [0.1, 0.15) is 11.4 Å². The van der Waals surface area contributed by atoms with Gasteiger partial charge in [-0.15, -0.1) is 0 Å². The second-order valence-corrected chi connectivity index (χ2v) is 4.63. The Balaban J connectivity index is 2.01. The maximum atomic E-state index is 10.8. The number of aromatic nitrogens is 2. The van der Waals surface area contributed by atoms with Crippen LogP contribution in [0.25, 0.3) is 11.0 Å². The molecule has 1 aromatic carbocycles. The number of carbonyl (C=O) groups excluding carboxylic acids is 1. The van der Waals surface area contributed by atoms with Crippen LogP contribution < -0.4 is 5.73 Å².